The van der Waals surface area contributed by atoms with Crippen LogP contribution in [0.25, 0.3) is 0 Å². The Morgan fingerprint density at radius 1 is 1.29 bits per heavy atom. The third-order valence-electron chi connectivity index (χ3n) is 3.68. The molecule has 1 aliphatic carbocycles. The molecule has 1 aromatic heterocycles. The number of ether oxygens (including phenoxy) is 1. The van der Waals surface area contributed by atoms with Crippen LogP contribution < -0.4 is 5.32 Å². The lowest BCUT2D eigenvalue weighted by atomic mass is 9.94. The highest BCUT2D eigenvalue weighted by Gasteiger charge is 2.45. The van der Waals surface area contributed by atoms with Gasteiger partial charge in [0.1, 0.15) is 0 Å². The maximum absolute atomic E-state index is 6.19. The highest BCUT2D eigenvalue weighted by Crippen LogP contribution is 2.51. The Hall–Kier alpha value is -0.380. The maximum atomic E-state index is 6.19. The minimum atomic E-state index is -0.139. The van der Waals surface area contributed by atoms with E-state index < -0.39 is 0 Å². The monoisotopic (exact) mass is 251 g/mol. The van der Waals surface area contributed by atoms with E-state index in [0.29, 0.717) is 0 Å². The maximum Gasteiger partial charge on any atom is 0.0982 e. The van der Waals surface area contributed by atoms with Gasteiger partial charge in [-0.2, -0.15) is 0 Å². The first-order valence-electron chi connectivity index (χ1n) is 6.45. The van der Waals surface area contributed by atoms with Gasteiger partial charge in [-0.15, -0.1) is 11.3 Å². The van der Waals surface area contributed by atoms with Gasteiger partial charge in [-0.1, -0.05) is 0 Å². The van der Waals surface area contributed by atoms with Crippen molar-refractivity contribution in [2.24, 2.45) is 0 Å². The van der Waals surface area contributed by atoms with Crippen LogP contribution in [-0.4, -0.2) is 6.04 Å². The molecule has 1 N–H and O–H groups in total. The number of nitrogens with one attached hydrogen (secondary N) is 1. The number of thiophene rings is 1. The summed E-state index contributed by atoms with van der Waals surface area (Å²) in [6.45, 7) is 9.73. The van der Waals surface area contributed by atoms with Crippen LogP contribution in [0.4, 0.5) is 0 Å². The fourth-order valence-electron chi connectivity index (χ4n) is 2.90. The average Bonchev–Trinajstić information content (AvgIpc) is 2.86. The Kier molecular flexibility index (Phi) is 2.45. The molecule has 1 fully saturated rings. The van der Waals surface area contributed by atoms with Gasteiger partial charge in [0.05, 0.1) is 11.2 Å². The van der Waals surface area contributed by atoms with Crippen molar-refractivity contribution in [2.45, 2.75) is 64.3 Å². The molecule has 1 aliphatic heterocycles. The summed E-state index contributed by atoms with van der Waals surface area (Å²) in [4.78, 5) is 1.41. The number of rotatable bonds is 3. The predicted molar refractivity (Wildman–Crippen MR) is 71.3 cm³/mol. The van der Waals surface area contributed by atoms with Crippen LogP contribution in [0.1, 0.15) is 56.5 Å². The molecular weight excluding hydrogens is 230 g/mol. The zero-order valence-electron chi connectivity index (χ0n) is 11.1. The van der Waals surface area contributed by atoms with Crippen LogP contribution in [0, 0.1) is 0 Å². The van der Waals surface area contributed by atoms with Crippen molar-refractivity contribution in [3.05, 3.63) is 21.4 Å². The van der Waals surface area contributed by atoms with E-state index in [1.54, 1.807) is 0 Å². The summed E-state index contributed by atoms with van der Waals surface area (Å²) in [5.41, 5.74) is 2.61. The highest BCUT2D eigenvalue weighted by molar-refractivity contribution is 7.10. The first kappa shape index (κ1) is 11.7. The second kappa shape index (κ2) is 3.56. The molecule has 0 unspecified atom stereocenters. The fourth-order valence-corrected chi connectivity index (χ4v) is 4.19. The Bertz CT molecular complexity index is 443. The molecule has 0 spiro atoms. The zero-order chi connectivity index (χ0) is 12.3. The Balaban J connectivity index is 1.91. The number of hydrogen-bond donors (Lipinski definition) is 1. The van der Waals surface area contributed by atoms with Crippen LogP contribution >= 0.6 is 11.3 Å². The molecule has 94 valence electrons. The molecule has 0 amide bonds. The van der Waals surface area contributed by atoms with Crippen LogP contribution in [0.5, 0.6) is 0 Å². The highest BCUT2D eigenvalue weighted by atomic mass is 32.1. The van der Waals surface area contributed by atoms with Gasteiger partial charge in [0.25, 0.3) is 0 Å². The van der Waals surface area contributed by atoms with Crippen LogP contribution in [-0.2, 0) is 22.5 Å². The first-order valence-corrected chi connectivity index (χ1v) is 7.33. The van der Waals surface area contributed by atoms with E-state index >= 15 is 0 Å². The summed E-state index contributed by atoms with van der Waals surface area (Å²) < 4.78 is 6.19. The Labute approximate surface area is 107 Å². The van der Waals surface area contributed by atoms with Crippen LogP contribution in [0.3, 0.4) is 0 Å². The Morgan fingerprint density at radius 3 is 2.65 bits per heavy atom. The van der Waals surface area contributed by atoms with Gasteiger partial charge in [-0.05, 0) is 51.5 Å². The molecule has 1 aromatic rings. The van der Waals surface area contributed by atoms with Crippen LogP contribution in [0.2, 0.25) is 0 Å². The zero-order valence-corrected chi connectivity index (χ0v) is 11.9. The predicted octanol–water partition coefficient (Wildman–Crippen LogP) is 3.50. The lowest BCUT2D eigenvalue weighted by Gasteiger charge is -2.25. The molecule has 3 rings (SSSR count). The minimum absolute atomic E-state index is 0.124. The summed E-state index contributed by atoms with van der Waals surface area (Å²) in [5.74, 6) is 0. The molecule has 2 nitrogen and oxygen atoms in total. The topological polar surface area (TPSA) is 21.3 Å². The standard InChI is InChI=1S/C14H21NOS/c1-13(2)11-9(7-15-10-5-6-10)8-17-12(11)14(3,4)16-13/h8,10,15H,5-7H2,1-4H3. The summed E-state index contributed by atoms with van der Waals surface area (Å²) >= 11 is 1.85. The van der Waals surface area contributed by atoms with E-state index in [0.717, 1.165) is 12.6 Å². The van der Waals surface area contributed by atoms with Gasteiger partial charge in [-0.25, -0.2) is 0 Å². The van der Waals surface area contributed by atoms with Crippen LogP contribution in [0.15, 0.2) is 5.38 Å². The van der Waals surface area contributed by atoms with E-state index in [4.69, 9.17) is 4.74 Å². The molecule has 0 saturated heterocycles. The molecule has 0 aromatic carbocycles. The Morgan fingerprint density at radius 2 is 2.00 bits per heavy atom. The molecule has 17 heavy (non-hydrogen) atoms. The normalized spacial score (nSPS) is 24.9. The first-order chi connectivity index (χ1) is 7.90. The minimum Gasteiger partial charge on any atom is -0.359 e. The summed E-state index contributed by atoms with van der Waals surface area (Å²) in [6.07, 6.45) is 2.69. The molecular formula is C14H21NOS. The van der Waals surface area contributed by atoms with Gasteiger partial charge < -0.3 is 10.1 Å². The molecule has 1 saturated carbocycles. The van der Waals surface area contributed by atoms with Gasteiger partial charge in [-0.3, -0.25) is 0 Å². The second-order valence-electron chi connectivity index (χ2n) is 6.24. The molecule has 3 heteroatoms. The van der Waals surface area contributed by atoms with Crippen molar-refractivity contribution >= 4 is 11.3 Å². The molecule has 2 heterocycles. The van der Waals surface area contributed by atoms with E-state index in [2.05, 4.69) is 38.4 Å². The van der Waals surface area contributed by atoms with Crippen molar-refractivity contribution in [1.82, 2.24) is 5.32 Å². The summed E-state index contributed by atoms with van der Waals surface area (Å²) in [5, 5.41) is 5.92. The van der Waals surface area contributed by atoms with Gasteiger partial charge in [0.15, 0.2) is 0 Å². The van der Waals surface area contributed by atoms with Crippen molar-refractivity contribution in [2.75, 3.05) is 0 Å². The molecule has 0 bridgehead atoms. The van der Waals surface area contributed by atoms with E-state index in [1.807, 2.05) is 11.3 Å². The lowest BCUT2D eigenvalue weighted by Crippen LogP contribution is -2.24. The van der Waals surface area contributed by atoms with E-state index in [-0.39, 0.29) is 11.2 Å². The largest absolute Gasteiger partial charge is 0.359 e. The molecule has 0 radical (unpaired) electrons. The molecule has 0 atom stereocenters. The SMILES string of the molecule is CC1(C)OC(C)(C)c2c(CNC3CC3)csc21. The van der Waals surface area contributed by atoms with Crippen molar-refractivity contribution in [3.8, 4) is 0 Å². The van der Waals surface area contributed by atoms with Crippen molar-refractivity contribution < 1.29 is 4.74 Å². The van der Waals surface area contributed by atoms with E-state index in [1.165, 1.54) is 28.8 Å². The third-order valence-corrected chi connectivity index (χ3v) is 5.02. The van der Waals surface area contributed by atoms with Crippen molar-refractivity contribution in [3.63, 3.8) is 0 Å². The second-order valence-corrected chi connectivity index (χ2v) is 7.12. The quantitative estimate of drug-likeness (QED) is 0.887. The number of fused-ring (bicyclic) bond motifs is 1. The van der Waals surface area contributed by atoms with Gasteiger partial charge in [0.2, 0.25) is 0 Å². The summed E-state index contributed by atoms with van der Waals surface area (Å²) in [6, 6.07) is 0.768. The number of hydrogen-bond acceptors (Lipinski definition) is 3. The fraction of sp³-hybridized carbons (Fsp3) is 0.714. The third kappa shape index (κ3) is 1.94. The van der Waals surface area contributed by atoms with E-state index in [9.17, 15) is 0 Å². The molecule has 2 aliphatic rings. The lowest BCUT2D eigenvalue weighted by molar-refractivity contribution is -0.104. The summed E-state index contributed by atoms with van der Waals surface area (Å²) in [7, 11) is 0. The van der Waals surface area contributed by atoms with Gasteiger partial charge in [0, 0.05) is 23.0 Å². The average molecular weight is 251 g/mol. The van der Waals surface area contributed by atoms with Crippen molar-refractivity contribution in [1.29, 1.82) is 0 Å². The smallest absolute Gasteiger partial charge is 0.0982 e. The van der Waals surface area contributed by atoms with Gasteiger partial charge >= 0.3 is 0 Å².